The number of benzene rings is 1. The molecule has 0 aliphatic carbocycles. The third kappa shape index (κ3) is 1.58. The normalized spacial score (nSPS) is 10.9. The zero-order valence-corrected chi connectivity index (χ0v) is 10.6. The van der Waals surface area contributed by atoms with E-state index in [1.54, 1.807) is 12.1 Å². The maximum atomic E-state index is 12.1. The summed E-state index contributed by atoms with van der Waals surface area (Å²) in [5, 5.41) is 1.25. The van der Waals surface area contributed by atoms with Gasteiger partial charge in [-0.2, -0.15) is 0 Å². The summed E-state index contributed by atoms with van der Waals surface area (Å²) in [5.74, 6) is 0. The van der Waals surface area contributed by atoms with Crippen LogP contribution in [0.4, 0.5) is 0 Å². The third-order valence-corrected chi connectivity index (χ3v) is 3.40. The molecule has 0 aliphatic rings. The highest BCUT2D eigenvalue weighted by Crippen LogP contribution is 2.21. The molecule has 0 saturated heterocycles. The minimum atomic E-state index is -0.0685. The zero-order valence-electron chi connectivity index (χ0n) is 9.00. The molecule has 0 amide bonds. The van der Waals surface area contributed by atoms with Crippen LogP contribution in [0, 0.1) is 11.7 Å². The van der Waals surface area contributed by atoms with Gasteiger partial charge in [0.05, 0.1) is 10.9 Å². The number of aromatic amines is 1. The van der Waals surface area contributed by atoms with Gasteiger partial charge in [0, 0.05) is 11.6 Å². The van der Waals surface area contributed by atoms with Crippen LogP contribution in [0.5, 0.6) is 0 Å². The number of hydrogen-bond acceptors (Lipinski definition) is 2. The number of fused-ring (bicyclic) bond motifs is 1. The van der Waals surface area contributed by atoms with Gasteiger partial charge in [-0.1, -0.05) is 11.6 Å². The number of nitrogens with one attached hydrogen (secondary N) is 1. The molecule has 0 aliphatic heterocycles. The number of rotatable bonds is 1. The molecule has 84 valence electrons. The number of aromatic nitrogens is 2. The molecule has 1 aromatic heterocycles. The molecule has 2 aromatic rings. The van der Waals surface area contributed by atoms with Crippen molar-refractivity contribution in [1.29, 1.82) is 0 Å². The van der Waals surface area contributed by atoms with Gasteiger partial charge in [-0.3, -0.25) is 9.36 Å². The van der Waals surface area contributed by atoms with Crippen LogP contribution in [0.1, 0.15) is 12.5 Å². The van der Waals surface area contributed by atoms with Crippen molar-refractivity contribution in [3.05, 3.63) is 37.8 Å². The van der Waals surface area contributed by atoms with E-state index in [2.05, 4.69) is 4.98 Å². The Kier molecular flexibility index (Phi) is 2.86. The van der Waals surface area contributed by atoms with Crippen LogP contribution in [-0.2, 0) is 6.54 Å². The van der Waals surface area contributed by atoms with E-state index in [1.165, 1.54) is 4.57 Å². The van der Waals surface area contributed by atoms with Crippen molar-refractivity contribution in [2.24, 2.45) is 0 Å². The number of nitrogens with zero attached hydrogens (tertiary/aromatic N) is 1. The summed E-state index contributed by atoms with van der Waals surface area (Å²) in [5.41, 5.74) is 1.51. The second-order valence-electron chi connectivity index (χ2n) is 3.57. The first kappa shape index (κ1) is 11.4. The Morgan fingerprint density at radius 2 is 2.19 bits per heavy atom. The van der Waals surface area contributed by atoms with Crippen molar-refractivity contribution >= 4 is 34.7 Å². The highest BCUT2D eigenvalue weighted by atomic mass is 35.5. The lowest BCUT2D eigenvalue weighted by atomic mass is 10.1. The number of H-pyrrole nitrogens is 1. The first-order chi connectivity index (χ1) is 7.56. The molecule has 0 radical (unpaired) electrons. The van der Waals surface area contributed by atoms with Crippen LogP contribution in [0.3, 0.4) is 0 Å². The van der Waals surface area contributed by atoms with E-state index in [9.17, 15) is 4.79 Å². The standard InChI is InChI=1S/C11H11ClN2OS/c1-3-14-10(15)7-4-5-8(12)6(2)9(7)13-11(14)16/h4-5H,3H2,1-2H3,(H,13,16). The van der Waals surface area contributed by atoms with Gasteiger partial charge in [-0.15, -0.1) is 0 Å². The molecule has 0 unspecified atom stereocenters. The van der Waals surface area contributed by atoms with Crippen LogP contribution in [0.25, 0.3) is 10.9 Å². The summed E-state index contributed by atoms with van der Waals surface area (Å²) < 4.78 is 1.97. The number of aryl methyl sites for hydroxylation is 1. The zero-order chi connectivity index (χ0) is 11.9. The lowest BCUT2D eigenvalue weighted by Gasteiger charge is -2.08. The van der Waals surface area contributed by atoms with Gasteiger partial charge >= 0.3 is 0 Å². The fourth-order valence-corrected chi connectivity index (χ4v) is 2.20. The topological polar surface area (TPSA) is 37.8 Å². The van der Waals surface area contributed by atoms with Crippen molar-refractivity contribution < 1.29 is 0 Å². The van der Waals surface area contributed by atoms with E-state index in [0.29, 0.717) is 21.7 Å². The lowest BCUT2D eigenvalue weighted by Crippen LogP contribution is -2.21. The Labute approximate surface area is 103 Å². The molecule has 0 fully saturated rings. The Hall–Kier alpha value is -1.13. The second-order valence-corrected chi connectivity index (χ2v) is 4.37. The Balaban J connectivity index is 3.05. The van der Waals surface area contributed by atoms with Gasteiger partial charge < -0.3 is 4.98 Å². The van der Waals surface area contributed by atoms with Gasteiger partial charge in [0.1, 0.15) is 0 Å². The van der Waals surface area contributed by atoms with Crippen LogP contribution in [0.2, 0.25) is 5.02 Å². The predicted octanol–water partition coefficient (Wildman–Crippen LogP) is 3.04. The Morgan fingerprint density at radius 3 is 2.81 bits per heavy atom. The molecule has 16 heavy (non-hydrogen) atoms. The first-order valence-corrected chi connectivity index (χ1v) is 5.76. The van der Waals surface area contributed by atoms with Crippen molar-refractivity contribution in [1.82, 2.24) is 9.55 Å². The SMILES string of the molecule is CCn1c(=S)[nH]c2c(C)c(Cl)ccc2c1=O. The summed E-state index contributed by atoms with van der Waals surface area (Å²) in [6.45, 7) is 4.32. The monoisotopic (exact) mass is 254 g/mol. The quantitative estimate of drug-likeness (QED) is 0.795. The van der Waals surface area contributed by atoms with E-state index < -0.39 is 0 Å². The van der Waals surface area contributed by atoms with E-state index in [1.807, 2.05) is 13.8 Å². The Morgan fingerprint density at radius 1 is 1.50 bits per heavy atom. The molecule has 0 atom stereocenters. The van der Waals surface area contributed by atoms with E-state index in [0.717, 1.165) is 11.1 Å². The molecule has 0 saturated carbocycles. The summed E-state index contributed by atoms with van der Waals surface area (Å²) in [6.07, 6.45) is 0. The fourth-order valence-electron chi connectivity index (χ4n) is 1.72. The predicted molar refractivity (Wildman–Crippen MR) is 68.8 cm³/mol. The van der Waals surface area contributed by atoms with Crippen molar-refractivity contribution in [3.8, 4) is 0 Å². The molecule has 1 heterocycles. The average Bonchev–Trinajstić information content (AvgIpc) is 2.25. The molecule has 0 spiro atoms. The molecule has 1 aromatic carbocycles. The minimum absolute atomic E-state index is 0.0685. The number of hydrogen-bond donors (Lipinski definition) is 1. The van der Waals surface area contributed by atoms with Crippen LogP contribution < -0.4 is 5.56 Å². The van der Waals surface area contributed by atoms with Gasteiger partial charge in [-0.25, -0.2) is 0 Å². The smallest absolute Gasteiger partial charge is 0.262 e. The van der Waals surface area contributed by atoms with E-state index >= 15 is 0 Å². The summed E-state index contributed by atoms with van der Waals surface area (Å²) >= 11 is 11.1. The van der Waals surface area contributed by atoms with Gasteiger partial charge in [0.15, 0.2) is 4.77 Å². The molecule has 1 N–H and O–H groups in total. The Bertz CT molecular complexity index is 672. The molecule has 5 heteroatoms. The van der Waals surface area contributed by atoms with Gasteiger partial charge in [0.25, 0.3) is 5.56 Å². The third-order valence-electron chi connectivity index (χ3n) is 2.67. The van der Waals surface area contributed by atoms with Crippen molar-refractivity contribution in [2.75, 3.05) is 0 Å². The average molecular weight is 255 g/mol. The molecular formula is C11H11ClN2OS. The minimum Gasteiger partial charge on any atom is -0.331 e. The molecule has 2 rings (SSSR count). The lowest BCUT2D eigenvalue weighted by molar-refractivity contribution is 0.704. The van der Waals surface area contributed by atoms with Crippen LogP contribution >= 0.6 is 23.8 Å². The highest BCUT2D eigenvalue weighted by molar-refractivity contribution is 7.71. The fraction of sp³-hybridized carbons (Fsp3) is 0.273. The highest BCUT2D eigenvalue weighted by Gasteiger charge is 2.08. The molecule has 0 bridgehead atoms. The van der Waals surface area contributed by atoms with Crippen molar-refractivity contribution in [3.63, 3.8) is 0 Å². The van der Waals surface area contributed by atoms with E-state index in [4.69, 9.17) is 23.8 Å². The van der Waals surface area contributed by atoms with Gasteiger partial charge in [0.2, 0.25) is 0 Å². The maximum absolute atomic E-state index is 12.1. The molecule has 3 nitrogen and oxygen atoms in total. The number of halogens is 1. The summed E-state index contributed by atoms with van der Waals surface area (Å²) in [7, 11) is 0. The van der Waals surface area contributed by atoms with Crippen LogP contribution in [-0.4, -0.2) is 9.55 Å². The summed E-state index contributed by atoms with van der Waals surface area (Å²) in [4.78, 5) is 15.1. The first-order valence-electron chi connectivity index (χ1n) is 4.98. The largest absolute Gasteiger partial charge is 0.331 e. The summed E-state index contributed by atoms with van der Waals surface area (Å²) in [6, 6.07) is 3.46. The molecular weight excluding hydrogens is 244 g/mol. The second kappa shape index (κ2) is 4.03. The van der Waals surface area contributed by atoms with Crippen LogP contribution in [0.15, 0.2) is 16.9 Å². The van der Waals surface area contributed by atoms with Crippen molar-refractivity contribution in [2.45, 2.75) is 20.4 Å². The maximum Gasteiger partial charge on any atom is 0.262 e. The van der Waals surface area contributed by atoms with Gasteiger partial charge in [-0.05, 0) is 43.8 Å². The van der Waals surface area contributed by atoms with E-state index in [-0.39, 0.29) is 5.56 Å².